The number of hydrogen-bond acceptors (Lipinski definition) is 4. The molecule has 0 atom stereocenters. The van der Waals surface area contributed by atoms with Gasteiger partial charge in [0.25, 0.3) is 0 Å². The molecule has 1 N–H and O–H groups in total. The summed E-state index contributed by atoms with van der Waals surface area (Å²) in [5, 5.41) is 0. The Kier molecular flexibility index (Phi) is 2.96. The number of nitrogens with one attached hydrogen (secondary N) is 1. The smallest absolute Gasteiger partial charge is 0.163 e. The van der Waals surface area contributed by atoms with E-state index in [1.165, 1.54) is 5.56 Å². The minimum Gasteiger partial charge on any atom is -0.489 e. The van der Waals surface area contributed by atoms with Crippen molar-refractivity contribution in [3.05, 3.63) is 48.0 Å². The Morgan fingerprint density at radius 1 is 1.05 bits per heavy atom. The molecule has 0 amide bonds. The van der Waals surface area contributed by atoms with Crippen molar-refractivity contribution >= 4 is 11.0 Å². The highest BCUT2D eigenvalue weighted by molar-refractivity contribution is 5.79. The number of fused-ring (bicyclic) bond motifs is 2. The summed E-state index contributed by atoms with van der Waals surface area (Å²) in [6, 6.07) is 7.91. The molecule has 0 unspecified atom stereocenters. The van der Waals surface area contributed by atoms with Crippen molar-refractivity contribution in [2.75, 3.05) is 13.2 Å². The van der Waals surface area contributed by atoms with Gasteiger partial charge >= 0.3 is 0 Å². The van der Waals surface area contributed by atoms with E-state index in [4.69, 9.17) is 9.47 Å². The average molecular weight is 281 g/mol. The molecule has 0 aliphatic carbocycles. The number of aromatic amines is 1. The predicted molar refractivity (Wildman–Crippen MR) is 78.7 cm³/mol. The van der Waals surface area contributed by atoms with Crippen LogP contribution in [-0.2, 0) is 6.42 Å². The average Bonchev–Trinajstić information content (AvgIpc) is 2.74. The maximum absolute atomic E-state index is 5.70. The zero-order valence-electron chi connectivity index (χ0n) is 11.5. The third-order valence-electron chi connectivity index (χ3n) is 3.52. The Balaban J connectivity index is 1.70. The number of pyridine rings is 1. The second-order valence-corrected chi connectivity index (χ2v) is 5.08. The number of benzene rings is 1. The first-order valence-corrected chi connectivity index (χ1v) is 7.06. The standard InChI is InChI=1S/C16H15N3O2/c1-6-20-14-9-12-13(10-15(14)21-7-1)19-16(18-12)8-11-2-4-17-5-3-11/h2-5,9-10H,1,6-8H2,(H,18,19). The quantitative estimate of drug-likeness (QED) is 0.784. The van der Waals surface area contributed by atoms with Gasteiger partial charge in [-0.2, -0.15) is 0 Å². The molecule has 5 heteroatoms. The molecule has 0 spiro atoms. The molecule has 1 aliphatic rings. The lowest BCUT2D eigenvalue weighted by Crippen LogP contribution is -1.97. The number of rotatable bonds is 2. The van der Waals surface area contributed by atoms with Crippen molar-refractivity contribution in [3.63, 3.8) is 0 Å². The lowest BCUT2D eigenvalue weighted by atomic mass is 10.2. The summed E-state index contributed by atoms with van der Waals surface area (Å²) in [7, 11) is 0. The SMILES string of the molecule is c1cc(Cc2nc3cc4c(cc3[nH]2)OCCCO4)ccn1. The Hall–Kier alpha value is -2.56. The minimum absolute atomic E-state index is 0.687. The molecule has 1 aromatic carbocycles. The first-order valence-electron chi connectivity index (χ1n) is 7.06. The van der Waals surface area contributed by atoms with Gasteiger partial charge in [0, 0.05) is 37.4 Å². The Labute approximate surface area is 121 Å². The Morgan fingerprint density at radius 2 is 1.81 bits per heavy atom. The number of nitrogens with zero attached hydrogens (tertiary/aromatic N) is 2. The summed E-state index contributed by atoms with van der Waals surface area (Å²) in [6.07, 6.45) is 5.25. The van der Waals surface area contributed by atoms with Crippen LogP contribution in [0.4, 0.5) is 0 Å². The van der Waals surface area contributed by atoms with Crippen molar-refractivity contribution in [3.8, 4) is 11.5 Å². The third-order valence-corrected chi connectivity index (χ3v) is 3.52. The first-order chi connectivity index (χ1) is 10.4. The Morgan fingerprint density at radius 3 is 2.62 bits per heavy atom. The molecule has 0 fully saturated rings. The van der Waals surface area contributed by atoms with E-state index < -0.39 is 0 Å². The highest BCUT2D eigenvalue weighted by Crippen LogP contribution is 2.33. The number of H-pyrrole nitrogens is 1. The van der Waals surface area contributed by atoms with Gasteiger partial charge in [0.05, 0.1) is 24.2 Å². The monoisotopic (exact) mass is 281 g/mol. The lowest BCUT2D eigenvalue weighted by Gasteiger charge is -2.05. The van der Waals surface area contributed by atoms with E-state index in [0.717, 1.165) is 41.2 Å². The van der Waals surface area contributed by atoms with Crippen LogP contribution < -0.4 is 9.47 Å². The highest BCUT2D eigenvalue weighted by atomic mass is 16.5. The molecule has 5 nitrogen and oxygen atoms in total. The van der Waals surface area contributed by atoms with Crippen molar-refractivity contribution in [1.29, 1.82) is 0 Å². The van der Waals surface area contributed by atoms with Gasteiger partial charge in [-0.05, 0) is 17.7 Å². The van der Waals surface area contributed by atoms with Gasteiger partial charge < -0.3 is 14.5 Å². The fourth-order valence-corrected chi connectivity index (χ4v) is 2.50. The van der Waals surface area contributed by atoms with Crippen LogP contribution in [0.1, 0.15) is 17.8 Å². The number of imidazole rings is 1. The predicted octanol–water partition coefficient (Wildman–Crippen LogP) is 2.71. The first kappa shape index (κ1) is 12.2. The molecule has 3 aromatic rings. The molecule has 3 heterocycles. The maximum atomic E-state index is 5.70. The van der Waals surface area contributed by atoms with E-state index in [1.54, 1.807) is 12.4 Å². The van der Waals surface area contributed by atoms with E-state index in [9.17, 15) is 0 Å². The summed E-state index contributed by atoms with van der Waals surface area (Å²) < 4.78 is 11.4. The summed E-state index contributed by atoms with van der Waals surface area (Å²) >= 11 is 0. The molecular weight excluding hydrogens is 266 g/mol. The zero-order valence-corrected chi connectivity index (χ0v) is 11.5. The fourth-order valence-electron chi connectivity index (χ4n) is 2.50. The summed E-state index contributed by atoms with van der Waals surface area (Å²) in [5.41, 5.74) is 3.06. The van der Waals surface area contributed by atoms with Gasteiger partial charge in [0.15, 0.2) is 11.5 Å². The number of ether oxygens (including phenoxy) is 2. The van der Waals surface area contributed by atoms with Crippen molar-refractivity contribution in [1.82, 2.24) is 15.0 Å². The summed E-state index contributed by atoms with van der Waals surface area (Å²) in [5.74, 6) is 2.50. The molecule has 106 valence electrons. The summed E-state index contributed by atoms with van der Waals surface area (Å²) in [6.45, 7) is 1.38. The van der Waals surface area contributed by atoms with Crippen LogP contribution in [0.5, 0.6) is 11.5 Å². The van der Waals surface area contributed by atoms with E-state index >= 15 is 0 Å². The second-order valence-electron chi connectivity index (χ2n) is 5.08. The molecule has 0 saturated heterocycles. The van der Waals surface area contributed by atoms with E-state index in [2.05, 4.69) is 15.0 Å². The topological polar surface area (TPSA) is 60.0 Å². The minimum atomic E-state index is 0.687. The van der Waals surface area contributed by atoms with Gasteiger partial charge in [-0.3, -0.25) is 4.98 Å². The molecule has 21 heavy (non-hydrogen) atoms. The van der Waals surface area contributed by atoms with Crippen LogP contribution in [-0.4, -0.2) is 28.2 Å². The van der Waals surface area contributed by atoms with Crippen LogP contribution in [0.3, 0.4) is 0 Å². The fraction of sp³-hybridized carbons (Fsp3) is 0.250. The van der Waals surface area contributed by atoms with Gasteiger partial charge in [0.2, 0.25) is 0 Å². The molecule has 4 rings (SSSR count). The maximum Gasteiger partial charge on any atom is 0.163 e. The summed E-state index contributed by atoms with van der Waals surface area (Å²) in [4.78, 5) is 12.0. The van der Waals surface area contributed by atoms with Crippen molar-refractivity contribution in [2.24, 2.45) is 0 Å². The van der Waals surface area contributed by atoms with Crippen LogP contribution in [0.2, 0.25) is 0 Å². The van der Waals surface area contributed by atoms with E-state index in [0.29, 0.717) is 13.2 Å². The number of hydrogen-bond donors (Lipinski definition) is 1. The van der Waals surface area contributed by atoms with Crippen molar-refractivity contribution in [2.45, 2.75) is 12.8 Å². The molecule has 1 aliphatic heterocycles. The second kappa shape index (κ2) is 5.09. The van der Waals surface area contributed by atoms with Gasteiger partial charge in [-0.25, -0.2) is 4.98 Å². The largest absolute Gasteiger partial charge is 0.489 e. The van der Waals surface area contributed by atoms with Crippen LogP contribution in [0.15, 0.2) is 36.7 Å². The lowest BCUT2D eigenvalue weighted by molar-refractivity contribution is 0.297. The normalized spacial score (nSPS) is 14.1. The van der Waals surface area contributed by atoms with Gasteiger partial charge in [0.1, 0.15) is 5.82 Å². The van der Waals surface area contributed by atoms with E-state index in [-0.39, 0.29) is 0 Å². The zero-order chi connectivity index (χ0) is 14.1. The van der Waals surface area contributed by atoms with E-state index in [1.807, 2.05) is 24.3 Å². The van der Waals surface area contributed by atoms with Gasteiger partial charge in [-0.1, -0.05) is 0 Å². The van der Waals surface area contributed by atoms with Crippen LogP contribution in [0, 0.1) is 0 Å². The highest BCUT2D eigenvalue weighted by Gasteiger charge is 2.14. The van der Waals surface area contributed by atoms with Crippen LogP contribution >= 0.6 is 0 Å². The number of aromatic nitrogens is 3. The Bertz CT molecular complexity index is 725. The molecule has 0 radical (unpaired) electrons. The third kappa shape index (κ3) is 2.42. The molecule has 0 saturated carbocycles. The molecule has 0 bridgehead atoms. The molecule has 2 aromatic heterocycles. The van der Waals surface area contributed by atoms with Crippen molar-refractivity contribution < 1.29 is 9.47 Å². The van der Waals surface area contributed by atoms with Crippen LogP contribution in [0.25, 0.3) is 11.0 Å². The van der Waals surface area contributed by atoms with Gasteiger partial charge in [-0.15, -0.1) is 0 Å². The molecular formula is C16H15N3O2.